The highest BCUT2D eigenvalue weighted by molar-refractivity contribution is 6.45. The van der Waals surface area contributed by atoms with Crippen LogP contribution in [0.1, 0.15) is 11.1 Å². The normalized spacial score (nSPS) is 17.5. The maximum absolute atomic E-state index is 13.3. The minimum atomic E-state index is -4.51. The molecule has 0 unspecified atom stereocenters. The van der Waals surface area contributed by atoms with Gasteiger partial charge in [0.15, 0.2) is 0 Å². The van der Waals surface area contributed by atoms with Crippen molar-refractivity contribution in [3.05, 3.63) is 65.4 Å². The van der Waals surface area contributed by atoms with Crippen LogP contribution in [-0.4, -0.2) is 50.1 Å². The topological polar surface area (TPSA) is 59.1 Å². The van der Waals surface area contributed by atoms with Crippen molar-refractivity contribution in [3.8, 4) is 5.75 Å². The summed E-state index contributed by atoms with van der Waals surface area (Å²) in [6.45, 7) is 1.66. The quantitative estimate of drug-likeness (QED) is 0.694. The van der Waals surface area contributed by atoms with Crippen LogP contribution in [0.3, 0.4) is 0 Å². The van der Waals surface area contributed by atoms with Gasteiger partial charge in [-0.1, -0.05) is 12.1 Å². The van der Waals surface area contributed by atoms with Crippen molar-refractivity contribution >= 4 is 23.1 Å². The third kappa shape index (κ3) is 3.88. The molecule has 2 aromatic rings. The first-order chi connectivity index (χ1) is 14.8. The van der Waals surface area contributed by atoms with Crippen molar-refractivity contribution in [2.24, 2.45) is 0 Å². The fourth-order valence-corrected chi connectivity index (χ4v) is 3.65. The molecule has 2 amide bonds. The Labute approximate surface area is 176 Å². The summed E-state index contributed by atoms with van der Waals surface area (Å²) in [4.78, 5) is 29.4. The molecular formula is C22H19F3N2O4. The summed E-state index contributed by atoms with van der Waals surface area (Å²) in [7, 11) is 1.52. The van der Waals surface area contributed by atoms with E-state index >= 15 is 0 Å². The van der Waals surface area contributed by atoms with Gasteiger partial charge in [0, 0.05) is 13.1 Å². The molecule has 2 aliphatic heterocycles. The zero-order valence-electron chi connectivity index (χ0n) is 16.6. The number of morpholine rings is 1. The monoisotopic (exact) mass is 432 g/mol. The first-order valence-corrected chi connectivity index (χ1v) is 9.58. The molecule has 0 atom stereocenters. The number of rotatable bonds is 4. The minimum Gasteiger partial charge on any atom is -0.497 e. The molecular weight excluding hydrogens is 413 g/mol. The van der Waals surface area contributed by atoms with Gasteiger partial charge in [0.05, 0.1) is 37.1 Å². The van der Waals surface area contributed by atoms with Crippen molar-refractivity contribution in [1.82, 2.24) is 4.90 Å². The maximum Gasteiger partial charge on any atom is 0.416 e. The Morgan fingerprint density at radius 2 is 1.52 bits per heavy atom. The SMILES string of the molecule is COc1ccc(C2=C(N3CCOCC3)C(=O)N(c3ccc(C(F)(F)F)cc3)C2=O)cc1. The van der Waals surface area contributed by atoms with Crippen LogP contribution in [0.2, 0.25) is 0 Å². The first kappa shape index (κ1) is 20.9. The Bertz CT molecular complexity index is 1020. The first-order valence-electron chi connectivity index (χ1n) is 9.58. The molecule has 0 aliphatic carbocycles. The van der Waals surface area contributed by atoms with E-state index in [0.29, 0.717) is 37.6 Å². The number of carbonyl (C=O) groups is 2. The number of imide groups is 1. The highest BCUT2D eigenvalue weighted by Crippen LogP contribution is 2.37. The molecule has 2 aliphatic rings. The second-order valence-electron chi connectivity index (χ2n) is 7.04. The van der Waals surface area contributed by atoms with E-state index in [-0.39, 0.29) is 17.0 Å². The van der Waals surface area contributed by atoms with Crippen LogP contribution in [-0.2, 0) is 20.5 Å². The van der Waals surface area contributed by atoms with E-state index in [1.165, 1.54) is 7.11 Å². The summed E-state index contributed by atoms with van der Waals surface area (Å²) < 4.78 is 49.3. The van der Waals surface area contributed by atoms with Crippen LogP contribution in [0.15, 0.2) is 54.2 Å². The number of hydrogen-bond acceptors (Lipinski definition) is 5. The minimum absolute atomic E-state index is 0.0808. The van der Waals surface area contributed by atoms with Crippen molar-refractivity contribution in [2.45, 2.75) is 6.18 Å². The molecule has 1 saturated heterocycles. The van der Waals surface area contributed by atoms with Gasteiger partial charge in [-0.15, -0.1) is 0 Å². The van der Waals surface area contributed by atoms with Crippen LogP contribution in [0.5, 0.6) is 5.75 Å². The Morgan fingerprint density at radius 3 is 2.06 bits per heavy atom. The molecule has 0 bridgehead atoms. The van der Waals surface area contributed by atoms with Crippen molar-refractivity contribution in [1.29, 1.82) is 0 Å². The van der Waals surface area contributed by atoms with E-state index in [1.807, 2.05) is 0 Å². The molecule has 0 radical (unpaired) electrons. The number of amides is 2. The lowest BCUT2D eigenvalue weighted by Gasteiger charge is -2.29. The molecule has 0 saturated carbocycles. The lowest BCUT2D eigenvalue weighted by Crippen LogP contribution is -2.40. The lowest BCUT2D eigenvalue weighted by atomic mass is 10.0. The molecule has 2 heterocycles. The average Bonchev–Trinajstić information content (AvgIpc) is 3.04. The van der Waals surface area contributed by atoms with E-state index in [4.69, 9.17) is 9.47 Å². The van der Waals surface area contributed by atoms with E-state index in [9.17, 15) is 22.8 Å². The zero-order chi connectivity index (χ0) is 22.2. The van der Waals surface area contributed by atoms with Gasteiger partial charge in [0.1, 0.15) is 11.4 Å². The Hall–Kier alpha value is -3.33. The predicted molar refractivity (Wildman–Crippen MR) is 106 cm³/mol. The Kier molecular flexibility index (Phi) is 5.45. The third-order valence-electron chi connectivity index (χ3n) is 5.22. The van der Waals surface area contributed by atoms with E-state index in [2.05, 4.69) is 0 Å². The van der Waals surface area contributed by atoms with Gasteiger partial charge in [-0.3, -0.25) is 9.59 Å². The van der Waals surface area contributed by atoms with Crippen molar-refractivity contribution in [3.63, 3.8) is 0 Å². The maximum atomic E-state index is 13.3. The number of hydrogen-bond donors (Lipinski definition) is 0. The summed E-state index contributed by atoms with van der Waals surface area (Å²) in [6, 6.07) is 10.7. The number of nitrogens with zero attached hydrogens (tertiary/aromatic N) is 2. The fourth-order valence-electron chi connectivity index (χ4n) is 3.65. The number of ether oxygens (including phenoxy) is 2. The van der Waals surface area contributed by atoms with Crippen LogP contribution < -0.4 is 9.64 Å². The van der Waals surface area contributed by atoms with Crippen LogP contribution in [0, 0.1) is 0 Å². The van der Waals surface area contributed by atoms with E-state index < -0.39 is 23.6 Å². The third-order valence-corrected chi connectivity index (χ3v) is 5.22. The Morgan fingerprint density at radius 1 is 0.903 bits per heavy atom. The molecule has 162 valence electrons. The van der Waals surface area contributed by atoms with Gasteiger partial charge in [0.25, 0.3) is 11.8 Å². The number of alkyl halides is 3. The molecule has 0 N–H and O–H groups in total. The molecule has 31 heavy (non-hydrogen) atoms. The molecule has 2 aromatic carbocycles. The fraction of sp³-hybridized carbons (Fsp3) is 0.273. The van der Waals surface area contributed by atoms with Gasteiger partial charge in [-0.05, 0) is 42.0 Å². The highest BCUT2D eigenvalue weighted by Gasteiger charge is 2.43. The molecule has 9 heteroatoms. The number of halogens is 3. The predicted octanol–water partition coefficient (Wildman–Crippen LogP) is 3.33. The number of methoxy groups -OCH3 is 1. The van der Waals surface area contributed by atoms with E-state index in [0.717, 1.165) is 29.2 Å². The average molecular weight is 432 g/mol. The summed E-state index contributed by atoms with van der Waals surface area (Å²) in [6.07, 6.45) is -4.51. The lowest BCUT2D eigenvalue weighted by molar-refractivity contribution is -0.137. The highest BCUT2D eigenvalue weighted by atomic mass is 19.4. The number of anilines is 1. The number of benzene rings is 2. The summed E-state index contributed by atoms with van der Waals surface area (Å²) >= 11 is 0. The van der Waals surface area contributed by atoms with Crippen molar-refractivity contribution < 1.29 is 32.2 Å². The standard InChI is InChI=1S/C22H19F3N2O4/c1-30-17-8-2-14(3-9-17)18-19(26-10-12-31-13-11-26)21(29)27(20(18)28)16-6-4-15(5-7-16)22(23,24)25/h2-9H,10-13H2,1H3. The van der Waals surface area contributed by atoms with Crippen LogP contribution in [0.4, 0.5) is 18.9 Å². The summed E-state index contributed by atoms with van der Waals surface area (Å²) in [5, 5.41) is 0. The van der Waals surface area contributed by atoms with E-state index in [1.54, 1.807) is 29.2 Å². The second kappa shape index (κ2) is 8.07. The van der Waals surface area contributed by atoms with Gasteiger partial charge in [0.2, 0.25) is 0 Å². The molecule has 0 aromatic heterocycles. The second-order valence-corrected chi connectivity index (χ2v) is 7.04. The molecule has 4 rings (SSSR count). The van der Waals surface area contributed by atoms with Gasteiger partial charge in [-0.25, -0.2) is 4.90 Å². The summed E-state index contributed by atoms with van der Waals surface area (Å²) in [5.74, 6) is -0.567. The van der Waals surface area contributed by atoms with Gasteiger partial charge in [-0.2, -0.15) is 13.2 Å². The van der Waals surface area contributed by atoms with Gasteiger partial charge >= 0.3 is 6.18 Å². The molecule has 0 spiro atoms. The smallest absolute Gasteiger partial charge is 0.416 e. The molecule has 6 nitrogen and oxygen atoms in total. The van der Waals surface area contributed by atoms with Crippen LogP contribution in [0.25, 0.3) is 5.57 Å². The van der Waals surface area contributed by atoms with Gasteiger partial charge < -0.3 is 14.4 Å². The Balaban J connectivity index is 1.76. The van der Waals surface area contributed by atoms with Crippen LogP contribution >= 0.6 is 0 Å². The zero-order valence-corrected chi connectivity index (χ0v) is 16.6. The summed E-state index contributed by atoms with van der Waals surface area (Å²) in [5.41, 5.74) is 0.173. The largest absolute Gasteiger partial charge is 0.497 e. The number of carbonyl (C=O) groups excluding carboxylic acids is 2. The van der Waals surface area contributed by atoms with Crippen molar-refractivity contribution in [2.75, 3.05) is 38.3 Å². The molecule has 1 fully saturated rings.